The first-order valence-electron chi connectivity index (χ1n) is 10.2. The second-order valence-corrected chi connectivity index (χ2v) is 9.86. The van der Waals surface area contributed by atoms with E-state index in [2.05, 4.69) is 0 Å². The number of carbonyl (C=O) groups excluding carboxylic acids is 1. The molecule has 0 aliphatic carbocycles. The van der Waals surface area contributed by atoms with Crippen LogP contribution in [-0.4, -0.2) is 31.8 Å². The zero-order valence-corrected chi connectivity index (χ0v) is 19.5. The Kier molecular flexibility index (Phi) is 6.28. The summed E-state index contributed by atoms with van der Waals surface area (Å²) in [6, 6.07) is 13.9. The van der Waals surface area contributed by atoms with Crippen LogP contribution in [0.1, 0.15) is 12.5 Å². The third kappa shape index (κ3) is 4.10. The lowest BCUT2D eigenvalue weighted by atomic mass is 10.2. The van der Waals surface area contributed by atoms with Crippen molar-refractivity contribution in [3.63, 3.8) is 0 Å². The van der Waals surface area contributed by atoms with Gasteiger partial charge in [0, 0.05) is 24.4 Å². The van der Waals surface area contributed by atoms with Crippen molar-refractivity contribution in [2.24, 2.45) is 0 Å². The van der Waals surface area contributed by atoms with Crippen molar-refractivity contribution in [1.29, 1.82) is 0 Å². The number of benzene rings is 3. The highest BCUT2D eigenvalue weighted by atomic mass is 35.5. The summed E-state index contributed by atoms with van der Waals surface area (Å²) in [5, 5.41) is 11.0. The van der Waals surface area contributed by atoms with Gasteiger partial charge >= 0.3 is 0 Å². The topological polar surface area (TPSA) is 101 Å². The van der Waals surface area contributed by atoms with Crippen molar-refractivity contribution in [2.45, 2.75) is 24.3 Å². The SMILES string of the molecule is C[C@H](C(=O)N1CCc2ccccc21)N(c1ccccc1F)S(=O)(=O)c1cc([N+](=O)[O-])ccc1Cl. The van der Waals surface area contributed by atoms with Crippen LogP contribution in [0.15, 0.2) is 71.6 Å². The summed E-state index contributed by atoms with van der Waals surface area (Å²) in [6.45, 7) is 1.68. The molecule has 1 atom stereocenters. The van der Waals surface area contributed by atoms with E-state index in [1.165, 1.54) is 30.0 Å². The summed E-state index contributed by atoms with van der Waals surface area (Å²) >= 11 is 6.12. The van der Waals surface area contributed by atoms with Gasteiger partial charge in [0.25, 0.3) is 21.6 Å². The van der Waals surface area contributed by atoms with Gasteiger partial charge in [-0.1, -0.05) is 41.9 Å². The molecule has 11 heteroatoms. The van der Waals surface area contributed by atoms with E-state index in [4.69, 9.17) is 11.6 Å². The van der Waals surface area contributed by atoms with Crippen molar-refractivity contribution in [3.05, 3.63) is 93.2 Å². The van der Waals surface area contributed by atoms with Gasteiger partial charge < -0.3 is 4.90 Å². The lowest BCUT2D eigenvalue weighted by molar-refractivity contribution is -0.385. The average Bonchev–Trinajstić information content (AvgIpc) is 3.24. The fourth-order valence-corrected chi connectivity index (χ4v) is 6.10. The van der Waals surface area contributed by atoms with E-state index >= 15 is 0 Å². The number of nitrogens with zero attached hydrogens (tertiary/aromatic N) is 3. The number of carbonyl (C=O) groups is 1. The molecule has 1 aliphatic rings. The Morgan fingerprint density at radius 3 is 2.53 bits per heavy atom. The van der Waals surface area contributed by atoms with Crippen LogP contribution in [0.5, 0.6) is 0 Å². The molecule has 34 heavy (non-hydrogen) atoms. The minimum Gasteiger partial charge on any atom is -0.310 e. The molecule has 8 nitrogen and oxygen atoms in total. The predicted molar refractivity (Wildman–Crippen MR) is 126 cm³/mol. The zero-order chi connectivity index (χ0) is 24.6. The zero-order valence-electron chi connectivity index (χ0n) is 17.9. The van der Waals surface area contributed by atoms with E-state index < -0.39 is 43.3 Å². The van der Waals surface area contributed by atoms with Crippen molar-refractivity contribution in [1.82, 2.24) is 0 Å². The number of halogens is 2. The number of nitro benzene ring substituents is 1. The maximum absolute atomic E-state index is 14.9. The molecule has 1 heterocycles. The first-order chi connectivity index (χ1) is 16.1. The number of sulfonamides is 1. The van der Waals surface area contributed by atoms with Crippen LogP contribution in [0.4, 0.5) is 21.5 Å². The Balaban J connectivity index is 1.85. The number of rotatable bonds is 6. The van der Waals surface area contributed by atoms with Crippen LogP contribution < -0.4 is 9.21 Å². The Bertz CT molecular complexity index is 1400. The number of para-hydroxylation sites is 2. The van der Waals surface area contributed by atoms with Crippen molar-refractivity contribution < 1.29 is 22.5 Å². The van der Waals surface area contributed by atoms with Crippen molar-refractivity contribution >= 4 is 44.6 Å². The quantitative estimate of drug-likeness (QED) is 0.362. The van der Waals surface area contributed by atoms with E-state index in [0.29, 0.717) is 23.0 Å². The molecule has 3 aromatic rings. The Labute approximate surface area is 200 Å². The molecule has 1 amide bonds. The highest BCUT2D eigenvalue weighted by molar-refractivity contribution is 7.93. The minimum atomic E-state index is -4.71. The van der Waals surface area contributed by atoms with Gasteiger partial charge in [-0.05, 0) is 43.2 Å². The second kappa shape index (κ2) is 9.03. The molecular formula is C23H19ClFN3O5S. The van der Waals surface area contributed by atoms with Gasteiger partial charge in [0.05, 0.1) is 15.6 Å². The Morgan fingerprint density at radius 2 is 1.82 bits per heavy atom. The molecule has 0 N–H and O–H groups in total. The summed E-state index contributed by atoms with van der Waals surface area (Å²) in [4.78, 5) is 24.9. The lowest BCUT2D eigenvalue weighted by Crippen LogP contribution is -2.50. The minimum absolute atomic E-state index is 0.293. The van der Waals surface area contributed by atoms with Gasteiger partial charge in [-0.15, -0.1) is 0 Å². The number of nitro groups is 1. The largest absolute Gasteiger partial charge is 0.310 e. The maximum atomic E-state index is 14.9. The van der Waals surface area contributed by atoms with Gasteiger partial charge in [0.15, 0.2) is 0 Å². The van der Waals surface area contributed by atoms with Crippen molar-refractivity contribution in [3.8, 4) is 0 Å². The van der Waals surface area contributed by atoms with E-state index in [9.17, 15) is 27.7 Å². The summed E-state index contributed by atoms with van der Waals surface area (Å²) < 4.78 is 43.0. The van der Waals surface area contributed by atoms with Gasteiger partial charge in [0.1, 0.15) is 16.8 Å². The van der Waals surface area contributed by atoms with Gasteiger partial charge in [-0.25, -0.2) is 12.8 Å². The molecule has 0 bridgehead atoms. The first kappa shape index (κ1) is 23.7. The number of amides is 1. The van der Waals surface area contributed by atoms with Crippen LogP contribution in [0.3, 0.4) is 0 Å². The lowest BCUT2D eigenvalue weighted by Gasteiger charge is -2.32. The molecule has 0 unspecified atom stereocenters. The van der Waals surface area contributed by atoms with E-state index in [0.717, 1.165) is 29.8 Å². The number of hydrogen-bond acceptors (Lipinski definition) is 5. The maximum Gasteiger partial charge on any atom is 0.270 e. The summed E-state index contributed by atoms with van der Waals surface area (Å²) in [5.41, 5.74) is 0.700. The van der Waals surface area contributed by atoms with Gasteiger partial charge in [-0.2, -0.15) is 0 Å². The normalized spacial score (nSPS) is 13.9. The number of anilines is 2. The molecule has 0 spiro atoms. The predicted octanol–water partition coefficient (Wildman–Crippen LogP) is 4.56. The summed E-state index contributed by atoms with van der Waals surface area (Å²) in [6.07, 6.45) is 0.595. The third-order valence-electron chi connectivity index (χ3n) is 5.61. The van der Waals surface area contributed by atoms with E-state index in [-0.39, 0.29) is 10.7 Å². The number of fused-ring (bicyclic) bond motifs is 1. The third-order valence-corrected chi connectivity index (χ3v) is 7.98. The smallest absolute Gasteiger partial charge is 0.270 e. The molecular weight excluding hydrogens is 485 g/mol. The number of hydrogen-bond donors (Lipinski definition) is 0. The second-order valence-electron chi connectivity index (χ2n) is 7.67. The highest BCUT2D eigenvalue weighted by Gasteiger charge is 2.39. The molecule has 4 rings (SSSR count). The fourth-order valence-electron chi connectivity index (χ4n) is 3.98. The van der Waals surface area contributed by atoms with Crippen LogP contribution in [0, 0.1) is 15.9 Å². The molecule has 0 saturated heterocycles. The highest BCUT2D eigenvalue weighted by Crippen LogP contribution is 2.35. The molecule has 0 fully saturated rings. The van der Waals surface area contributed by atoms with Crippen molar-refractivity contribution in [2.75, 3.05) is 15.7 Å². The standard InChI is InChI=1S/C23H19ClFN3O5S/c1-15(23(29)26-13-12-16-6-2-4-8-20(16)26)27(21-9-5-3-7-19(21)25)34(32,33)22-14-17(28(30)31)10-11-18(22)24/h2-11,14-15H,12-13H2,1H3/t15-/m1/s1. The molecule has 3 aromatic carbocycles. The van der Waals surface area contributed by atoms with E-state index in [1.807, 2.05) is 12.1 Å². The molecule has 0 saturated carbocycles. The van der Waals surface area contributed by atoms with Crippen LogP contribution in [0.25, 0.3) is 0 Å². The Hall–Kier alpha value is -3.50. The molecule has 176 valence electrons. The van der Waals surface area contributed by atoms with Gasteiger partial charge in [-0.3, -0.25) is 19.2 Å². The summed E-state index contributed by atoms with van der Waals surface area (Å²) in [7, 11) is -4.71. The van der Waals surface area contributed by atoms with E-state index in [1.54, 1.807) is 12.1 Å². The Morgan fingerprint density at radius 1 is 1.15 bits per heavy atom. The van der Waals surface area contributed by atoms with Gasteiger partial charge in [0.2, 0.25) is 0 Å². The number of non-ortho nitro benzene ring substituents is 1. The van der Waals surface area contributed by atoms with Crippen LogP contribution in [0.2, 0.25) is 5.02 Å². The van der Waals surface area contributed by atoms with Crippen LogP contribution in [-0.2, 0) is 21.2 Å². The molecule has 0 aromatic heterocycles. The molecule has 1 aliphatic heterocycles. The first-order valence-corrected chi connectivity index (χ1v) is 12.1. The summed E-state index contributed by atoms with van der Waals surface area (Å²) in [5.74, 6) is -1.45. The fraction of sp³-hybridized carbons (Fsp3) is 0.174. The van der Waals surface area contributed by atoms with Crippen LogP contribution >= 0.6 is 11.6 Å². The average molecular weight is 504 g/mol. The molecule has 0 radical (unpaired) electrons. The monoisotopic (exact) mass is 503 g/mol.